The van der Waals surface area contributed by atoms with E-state index < -0.39 is 5.60 Å². The van der Waals surface area contributed by atoms with Crippen molar-refractivity contribution in [3.8, 4) is 0 Å². The summed E-state index contributed by atoms with van der Waals surface area (Å²) in [6.45, 7) is 8.26. The number of likely N-dealkylation sites (N-methyl/N-ethyl adjacent to an activating group) is 1. The van der Waals surface area contributed by atoms with Crippen LogP contribution in [0.4, 0.5) is 4.79 Å². The lowest BCUT2D eigenvalue weighted by atomic mass is 9.92. The van der Waals surface area contributed by atoms with Gasteiger partial charge in [-0.05, 0) is 59.4 Å². The van der Waals surface area contributed by atoms with Gasteiger partial charge in [-0.15, -0.1) is 0 Å². The van der Waals surface area contributed by atoms with Gasteiger partial charge in [-0.1, -0.05) is 6.42 Å². The smallest absolute Gasteiger partial charge is 0.410 e. The third-order valence-electron chi connectivity index (χ3n) is 4.95. The van der Waals surface area contributed by atoms with Crippen LogP contribution in [-0.2, 0) is 9.53 Å². The molecule has 0 radical (unpaired) electrons. The van der Waals surface area contributed by atoms with Crippen molar-refractivity contribution in [1.82, 2.24) is 15.1 Å². The Balaban J connectivity index is 1.62. The molecule has 6 heteroatoms. The fraction of sp³-hybridized carbons (Fsp3) is 0.889. The molecule has 1 N–H and O–H groups in total. The van der Waals surface area contributed by atoms with Gasteiger partial charge < -0.3 is 15.0 Å². The Morgan fingerprint density at radius 3 is 2.29 bits per heavy atom. The van der Waals surface area contributed by atoms with Crippen LogP contribution in [0.25, 0.3) is 0 Å². The standard InChI is InChI=1S/C18H33N3O3/c1-18(2,3)24-17(23)21-10-8-14(9-11-21)12-19-16(22)13-20(4)15-6-5-7-15/h14-15H,5-13H2,1-4H3,(H,19,22). The normalized spacial score (nSPS) is 20.0. The molecule has 0 unspecified atom stereocenters. The van der Waals surface area contributed by atoms with Crippen molar-refractivity contribution in [3.05, 3.63) is 0 Å². The summed E-state index contributed by atoms with van der Waals surface area (Å²) in [5, 5.41) is 3.05. The minimum atomic E-state index is -0.450. The maximum Gasteiger partial charge on any atom is 0.410 e. The van der Waals surface area contributed by atoms with Crippen LogP contribution in [0.2, 0.25) is 0 Å². The van der Waals surface area contributed by atoms with Crippen molar-refractivity contribution in [3.63, 3.8) is 0 Å². The molecule has 2 amide bonds. The molecule has 0 atom stereocenters. The molecular weight excluding hydrogens is 306 g/mol. The van der Waals surface area contributed by atoms with Gasteiger partial charge in [-0.2, -0.15) is 0 Å². The molecule has 138 valence electrons. The molecule has 6 nitrogen and oxygen atoms in total. The topological polar surface area (TPSA) is 61.9 Å². The number of rotatable bonds is 5. The first-order valence-electron chi connectivity index (χ1n) is 9.19. The first kappa shape index (κ1) is 19.0. The summed E-state index contributed by atoms with van der Waals surface area (Å²) in [5.41, 5.74) is -0.450. The van der Waals surface area contributed by atoms with Crippen LogP contribution in [0.15, 0.2) is 0 Å². The van der Waals surface area contributed by atoms with E-state index in [9.17, 15) is 9.59 Å². The number of nitrogens with one attached hydrogen (secondary N) is 1. The monoisotopic (exact) mass is 339 g/mol. The highest BCUT2D eigenvalue weighted by Gasteiger charge is 2.27. The number of hydrogen-bond acceptors (Lipinski definition) is 4. The Morgan fingerprint density at radius 1 is 1.17 bits per heavy atom. The zero-order valence-electron chi connectivity index (χ0n) is 15.6. The van der Waals surface area contributed by atoms with Crippen molar-refractivity contribution in [1.29, 1.82) is 0 Å². The molecule has 0 aromatic heterocycles. The van der Waals surface area contributed by atoms with Gasteiger partial charge in [0.1, 0.15) is 5.60 Å². The van der Waals surface area contributed by atoms with E-state index in [1.165, 1.54) is 19.3 Å². The number of hydrogen-bond donors (Lipinski definition) is 1. The zero-order chi connectivity index (χ0) is 17.7. The first-order valence-corrected chi connectivity index (χ1v) is 9.19. The van der Waals surface area contributed by atoms with Gasteiger partial charge in [0, 0.05) is 25.7 Å². The highest BCUT2D eigenvalue weighted by Crippen LogP contribution is 2.23. The fourth-order valence-electron chi connectivity index (χ4n) is 3.14. The second-order valence-corrected chi connectivity index (χ2v) is 8.21. The van der Waals surface area contributed by atoms with Crippen molar-refractivity contribution < 1.29 is 14.3 Å². The summed E-state index contributed by atoms with van der Waals surface area (Å²) in [6.07, 6.45) is 5.31. The highest BCUT2D eigenvalue weighted by atomic mass is 16.6. The first-order chi connectivity index (χ1) is 11.2. The number of ether oxygens (including phenoxy) is 1. The molecule has 0 aromatic carbocycles. The molecule has 0 aromatic rings. The molecule has 1 saturated carbocycles. The lowest BCUT2D eigenvalue weighted by molar-refractivity contribution is -0.123. The van der Waals surface area contributed by atoms with Crippen molar-refractivity contribution in [2.45, 2.75) is 64.5 Å². The van der Waals surface area contributed by atoms with Crippen LogP contribution in [0, 0.1) is 5.92 Å². The molecule has 1 aliphatic carbocycles. The van der Waals surface area contributed by atoms with Gasteiger partial charge in [0.25, 0.3) is 0 Å². The van der Waals surface area contributed by atoms with E-state index in [2.05, 4.69) is 10.2 Å². The van der Waals surface area contributed by atoms with Crippen LogP contribution in [0.3, 0.4) is 0 Å². The van der Waals surface area contributed by atoms with Crippen molar-refractivity contribution in [2.24, 2.45) is 5.92 Å². The Bertz CT molecular complexity index is 435. The van der Waals surface area contributed by atoms with E-state index in [1.807, 2.05) is 27.8 Å². The van der Waals surface area contributed by atoms with Gasteiger partial charge in [-0.25, -0.2) is 4.79 Å². The van der Waals surface area contributed by atoms with Crippen LogP contribution < -0.4 is 5.32 Å². The number of amides is 2. The minimum Gasteiger partial charge on any atom is -0.444 e. The summed E-state index contributed by atoms with van der Waals surface area (Å²) < 4.78 is 5.40. The summed E-state index contributed by atoms with van der Waals surface area (Å²) in [4.78, 5) is 28.0. The van der Waals surface area contributed by atoms with E-state index in [4.69, 9.17) is 4.74 Å². The number of piperidine rings is 1. The molecule has 2 aliphatic rings. The predicted molar refractivity (Wildman–Crippen MR) is 93.8 cm³/mol. The van der Waals surface area contributed by atoms with E-state index in [1.54, 1.807) is 4.90 Å². The van der Waals surface area contributed by atoms with Gasteiger partial charge >= 0.3 is 6.09 Å². The molecule has 2 rings (SSSR count). The molecule has 0 bridgehead atoms. The number of nitrogens with zero attached hydrogens (tertiary/aromatic N) is 2. The molecular formula is C18H33N3O3. The third-order valence-corrected chi connectivity index (χ3v) is 4.95. The van der Waals surface area contributed by atoms with Crippen LogP contribution in [0.1, 0.15) is 52.9 Å². The lowest BCUT2D eigenvalue weighted by Crippen LogP contribution is -2.46. The Kier molecular flexibility index (Phi) is 6.49. The Hall–Kier alpha value is -1.30. The largest absolute Gasteiger partial charge is 0.444 e. The minimum absolute atomic E-state index is 0.110. The molecule has 0 spiro atoms. The van der Waals surface area contributed by atoms with E-state index in [0.29, 0.717) is 38.1 Å². The lowest BCUT2D eigenvalue weighted by Gasteiger charge is -2.35. The van der Waals surface area contributed by atoms with Crippen LogP contribution in [0.5, 0.6) is 0 Å². The number of carbonyl (C=O) groups excluding carboxylic acids is 2. The van der Waals surface area contributed by atoms with Crippen molar-refractivity contribution in [2.75, 3.05) is 33.2 Å². The summed E-state index contributed by atoms with van der Waals surface area (Å²) in [5.74, 6) is 0.556. The van der Waals surface area contributed by atoms with Crippen LogP contribution >= 0.6 is 0 Å². The zero-order valence-corrected chi connectivity index (χ0v) is 15.6. The average molecular weight is 339 g/mol. The maximum absolute atomic E-state index is 12.0. The summed E-state index contributed by atoms with van der Waals surface area (Å²) >= 11 is 0. The second-order valence-electron chi connectivity index (χ2n) is 8.21. The van der Waals surface area contributed by atoms with E-state index >= 15 is 0 Å². The van der Waals surface area contributed by atoms with Gasteiger partial charge in [-0.3, -0.25) is 9.69 Å². The molecule has 1 aliphatic heterocycles. The average Bonchev–Trinajstić information content (AvgIpc) is 2.41. The van der Waals surface area contributed by atoms with Gasteiger partial charge in [0.05, 0.1) is 6.54 Å². The van der Waals surface area contributed by atoms with Gasteiger partial charge in [0.15, 0.2) is 0 Å². The van der Waals surface area contributed by atoms with Crippen molar-refractivity contribution >= 4 is 12.0 Å². The maximum atomic E-state index is 12.0. The van der Waals surface area contributed by atoms with Crippen LogP contribution in [-0.4, -0.2) is 66.7 Å². The molecule has 24 heavy (non-hydrogen) atoms. The summed E-state index contributed by atoms with van der Waals surface area (Å²) in [7, 11) is 2.03. The Morgan fingerprint density at radius 2 is 1.79 bits per heavy atom. The Labute approximate surface area is 145 Å². The van der Waals surface area contributed by atoms with E-state index in [0.717, 1.165) is 12.8 Å². The SMILES string of the molecule is CN(CC(=O)NCC1CCN(C(=O)OC(C)(C)C)CC1)C1CCC1. The van der Waals surface area contributed by atoms with Gasteiger partial charge in [0.2, 0.25) is 5.91 Å². The van der Waals surface area contributed by atoms with E-state index in [-0.39, 0.29) is 12.0 Å². The fourth-order valence-corrected chi connectivity index (χ4v) is 3.14. The number of likely N-dealkylation sites (tertiary alicyclic amines) is 1. The second kappa shape index (κ2) is 8.19. The number of carbonyl (C=O) groups is 2. The molecule has 2 fully saturated rings. The molecule has 1 saturated heterocycles. The quantitative estimate of drug-likeness (QED) is 0.834. The predicted octanol–water partition coefficient (Wildman–Crippen LogP) is 2.23. The highest BCUT2D eigenvalue weighted by molar-refractivity contribution is 5.78. The third kappa shape index (κ3) is 5.96. The summed E-state index contributed by atoms with van der Waals surface area (Å²) in [6, 6.07) is 0.591. The molecule has 1 heterocycles.